The van der Waals surface area contributed by atoms with Crippen molar-refractivity contribution in [2.75, 3.05) is 13.1 Å². The average Bonchev–Trinajstić information content (AvgIpc) is 3.05. The molecule has 0 radical (unpaired) electrons. The van der Waals surface area contributed by atoms with Gasteiger partial charge in [0.05, 0.1) is 24.3 Å². The first-order valence-electron chi connectivity index (χ1n) is 11.4. The van der Waals surface area contributed by atoms with Gasteiger partial charge in [-0.25, -0.2) is 0 Å². The number of carbonyl (C=O) groups is 3. The highest BCUT2D eigenvalue weighted by Crippen LogP contribution is 2.51. The molecule has 5 heteroatoms. The molecule has 5 rings (SSSR count). The molecule has 0 spiro atoms. The standard InChI is InChI=1S/C25H32N2O3/c1-3-14-26(15-4-2)21(28)16-20(17-8-6-5-7-9-17)27-24(29)22-18-10-11-19(13-12-18)23(22)25(27)30/h5-11,18-20,22-23H,3-4,12-16H2,1-2H3/t18-,19-,20-,22-,23+/m0/s1. The SMILES string of the molecule is CCCN(CCC)C(=O)C[C@@H](c1ccccc1)N1C(=O)[C@@H]2[C@H](C1=O)[C@H]1C=C[C@H]2CC1. The molecule has 2 fully saturated rings. The van der Waals surface area contributed by atoms with Gasteiger partial charge in [-0.3, -0.25) is 19.3 Å². The van der Waals surface area contributed by atoms with Gasteiger partial charge >= 0.3 is 0 Å². The van der Waals surface area contributed by atoms with Crippen LogP contribution < -0.4 is 0 Å². The van der Waals surface area contributed by atoms with Crippen molar-refractivity contribution in [3.8, 4) is 0 Å². The lowest BCUT2D eigenvalue weighted by molar-refractivity contribution is -0.144. The molecule has 1 saturated carbocycles. The second-order valence-corrected chi connectivity index (χ2v) is 8.90. The normalized spacial score (nSPS) is 28.0. The zero-order valence-corrected chi connectivity index (χ0v) is 18.0. The van der Waals surface area contributed by atoms with E-state index in [0.717, 1.165) is 31.2 Å². The molecular formula is C25H32N2O3. The van der Waals surface area contributed by atoms with Crippen LogP contribution in [0.15, 0.2) is 42.5 Å². The first-order chi connectivity index (χ1) is 14.6. The van der Waals surface area contributed by atoms with Crippen LogP contribution in [0.5, 0.6) is 0 Å². The fraction of sp³-hybridized carbons (Fsp3) is 0.560. The number of likely N-dealkylation sites (tertiary alicyclic amines) is 1. The van der Waals surface area contributed by atoms with E-state index in [9.17, 15) is 14.4 Å². The lowest BCUT2D eigenvalue weighted by Crippen LogP contribution is -2.40. The molecule has 0 unspecified atom stereocenters. The van der Waals surface area contributed by atoms with Crippen molar-refractivity contribution in [2.45, 2.75) is 52.0 Å². The number of nitrogens with zero attached hydrogens (tertiary/aromatic N) is 2. The van der Waals surface area contributed by atoms with Crippen LogP contribution in [0.3, 0.4) is 0 Å². The third-order valence-corrected chi connectivity index (χ3v) is 7.00. The fourth-order valence-electron chi connectivity index (χ4n) is 5.63. The molecule has 1 saturated heterocycles. The van der Waals surface area contributed by atoms with Crippen molar-refractivity contribution < 1.29 is 14.4 Å². The van der Waals surface area contributed by atoms with Gasteiger partial charge in [0, 0.05) is 13.1 Å². The molecule has 3 amide bonds. The summed E-state index contributed by atoms with van der Waals surface area (Å²) >= 11 is 0. The predicted octanol–water partition coefficient (Wildman–Crippen LogP) is 3.96. The van der Waals surface area contributed by atoms with Gasteiger partial charge in [0.25, 0.3) is 0 Å². The van der Waals surface area contributed by atoms with Crippen LogP contribution >= 0.6 is 0 Å². The summed E-state index contributed by atoms with van der Waals surface area (Å²) in [6.07, 6.45) is 8.17. The van der Waals surface area contributed by atoms with E-state index >= 15 is 0 Å². The van der Waals surface area contributed by atoms with E-state index < -0.39 is 6.04 Å². The van der Waals surface area contributed by atoms with E-state index in [-0.39, 0.29) is 47.8 Å². The highest BCUT2D eigenvalue weighted by atomic mass is 16.2. The maximum Gasteiger partial charge on any atom is 0.234 e. The fourth-order valence-corrected chi connectivity index (χ4v) is 5.63. The molecule has 4 aliphatic rings. The zero-order valence-electron chi connectivity index (χ0n) is 18.0. The number of fused-ring (bicyclic) bond motifs is 1. The molecule has 5 nitrogen and oxygen atoms in total. The number of hydrogen-bond acceptors (Lipinski definition) is 3. The highest BCUT2D eigenvalue weighted by Gasteiger charge is 2.58. The molecule has 2 bridgehead atoms. The molecule has 5 atom stereocenters. The number of allylic oxidation sites excluding steroid dienone is 2. The van der Waals surface area contributed by atoms with E-state index in [1.807, 2.05) is 35.2 Å². The zero-order chi connectivity index (χ0) is 21.3. The number of imide groups is 1. The summed E-state index contributed by atoms with van der Waals surface area (Å²) in [7, 11) is 0. The van der Waals surface area contributed by atoms with Crippen LogP contribution in [0.2, 0.25) is 0 Å². The third kappa shape index (κ3) is 3.59. The summed E-state index contributed by atoms with van der Waals surface area (Å²) in [4.78, 5) is 43.5. The van der Waals surface area contributed by atoms with Crippen LogP contribution in [-0.2, 0) is 14.4 Å². The lowest BCUT2D eigenvalue weighted by atomic mass is 9.63. The van der Waals surface area contributed by atoms with Crippen molar-refractivity contribution in [1.82, 2.24) is 9.80 Å². The Bertz CT molecular complexity index is 796. The second kappa shape index (κ2) is 8.75. The second-order valence-electron chi connectivity index (χ2n) is 8.90. The van der Waals surface area contributed by atoms with Crippen molar-refractivity contribution in [2.24, 2.45) is 23.7 Å². The van der Waals surface area contributed by atoms with E-state index in [4.69, 9.17) is 0 Å². The highest BCUT2D eigenvalue weighted by molar-refractivity contribution is 6.06. The van der Waals surface area contributed by atoms with E-state index in [2.05, 4.69) is 26.0 Å². The Hall–Kier alpha value is -2.43. The van der Waals surface area contributed by atoms with Crippen LogP contribution in [0.1, 0.15) is 57.6 Å². The minimum absolute atomic E-state index is 0.0177. The van der Waals surface area contributed by atoms with E-state index in [0.29, 0.717) is 13.1 Å². The van der Waals surface area contributed by atoms with Gasteiger partial charge in [0.2, 0.25) is 17.7 Å². The Morgan fingerprint density at radius 3 is 1.97 bits per heavy atom. The molecule has 0 aromatic heterocycles. The number of amides is 3. The molecule has 0 N–H and O–H groups in total. The van der Waals surface area contributed by atoms with Crippen molar-refractivity contribution in [1.29, 1.82) is 0 Å². The van der Waals surface area contributed by atoms with Gasteiger partial charge in [-0.1, -0.05) is 56.3 Å². The molecule has 160 valence electrons. The summed E-state index contributed by atoms with van der Waals surface area (Å²) in [6.45, 7) is 5.53. The van der Waals surface area contributed by atoms with Gasteiger partial charge < -0.3 is 4.90 Å². The van der Waals surface area contributed by atoms with Gasteiger partial charge in [0.1, 0.15) is 0 Å². The Morgan fingerprint density at radius 1 is 0.967 bits per heavy atom. The minimum atomic E-state index is -0.528. The summed E-state index contributed by atoms with van der Waals surface area (Å²) in [6, 6.07) is 9.06. The van der Waals surface area contributed by atoms with Crippen LogP contribution in [0.25, 0.3) is 0 Å². The van der Waals surface area contributed by atoms with Gasteiger partial charge in [0.15, 0.2) is 0 Å². The first-order valence-corrected chi connectivity index (χ1v) is 11.4. The first kappa shape index (κ1) is 20.8. The summed E-state index contributed by atoms with van der Waals surface area (Å²) in [5.41, 5.74) is 0.861. The molecule has 30 heavy (non-hydrogen) atoms. The number of rotatable bonds is 8. The topological polar surface area (TPSA) is 57.7 Å². The van der Waals surface area contributed by atoms with Crippen molar-refractivity contribution >= 4 is 17.7 Å². The monoisotopic (exact) mass is 408 g/mol. The smallest absolute Gasteiger partial charge is 0.234 e. The van der Waals surface area contributed by atoms with E-state index in [1.165, 1.54) is 4.90 Å². The lowest BCUT2D eigenvalue weighted by Gasteiger charge is -2.38. The van der Waals surface area contributed by atoms with Crippen LogP contribution in [0, 0.1) is 23.7 Å². The summed E-state index contributed by atoms with van der Waals surface area (Å²) in [5, 5.41) is 0. The quantitative estimate of drug-likeness (QED) is 0.483. The third-order valence-electron chi connectivity index (χ3n) is 7.00. The molecular weight excluding hydrogens is 376 g/mol. The maximum absolute atomic E-state index is 13.5. The summed E-state index contributed by atoms with van der Waals surface area (Å²) in [5.74, 6) is -0.319. The molecule has 3 aliphatic carbocycles. The van der Waals surface area contributed by atoms with Gasteiger partial charge in [-0.2, -0.15) is 0 Å². The van der Waals surface area contributed by atoms with E-state index in [1.54, 1.807) is 0 Å². The number of benzene rings is 1. The Morgan fingerprint density at radius 2 is 1.50 bits per heavy atom. The maximum atomic E-state index is 13.5. The Labute approximate surface area is 179 Å². The largest absolute Gasteiger partial charge is 0.343 e. The molecule has 1 aliphatic heterocycles. The summed E-state index contributed by atoms with van der Waals surface area (Å²) < 4.78 is 0. The van der Waals surface area contributed by atoms with Crippen molar-refractivity contribution in [3.05, 3.63) is 48.0 Å². The van der Waals surface area contributed by atoms with Gasteiger partial charge in [-0.05, 0) is 43.1 Å². The van der Waals surface area contributed by atoms with Crippen LogP contribution in [-0.4, -0.2) is 40.6 Å². The van der Waals surface area contributed by atoms with Gasteiger partial charge in [-0.15, -0.1) is 0 Å². The Balaban J connectivity index is 1.65. The predicted molar refractivity (Wildman–Crippen MR) is 115 cm³/mol. The number of carbonyl (C=O) groups excluding carboxylic acids is 3. The molecule has 1 heterocycles. The Kier molecular flexibility index (Phi) is 6.07. The van der Waals surface area contributed by atoms with Crippen LogP contribution in [0.4, 0.5) is 0 Å². The minimum Gasteiger partial charge on any atom is -0.343 e. The molecule has 1 aromatic rings. The number of hydrogen-bond donors (Lipinski definition) is 0. The molecule has 1 aromatic carbocycles. The van der Waals surface area contributed by atoms with Crippen molar-refractivity contribution in [3.63, 3.8) is 0 Å². The average molecular weight is 409 g/mol.